The topological polar surface area (TPSA) is 24.9 Å². The van der Waals surface area contributed by atoms with Gasteiger partial charge in [0.1, 0.15) is 5.01 Å². The largest absolute Gasteiger partial charge is 0.303 e. The van der Waals surface area contributed by atoms with E-state index >= 15 is 0 Å². The summed E-state index contributed by atoms with van der Waals surface area (Å²) < 4.78 is 0. The Hall–Kier alpha value is -0.410. The SMILES string of the molecule is CCc1nc(C2(NC(C)C)CCCC(CC)CC2)sc1C. The summed E-state index contributed by atoms with van der Waals surface area (Å²) in [4.78, 5) is 6.44. The first-order chi connectivity index (χ1) is 10.0. The van der Waals surface area contributed by atoms with E-state index in [0.29, 0.717) is 6.04 Å². The number of aryl methyl sites for hydroxylation is 2. The van der Waals surface area contributed by atoms with E-state index in [4.69, 9.17) is 4.98 Å². The van der Waals surface area contributed by atoms with Gasteiger partial charge in [-0.15, -0.1) is 11.3 Å². The van der Waals surface area contributed by atoms with Crippen molar-refractivity contribution in [3.63, 3.8) is 0 Å². The molecule has 2 unspecified atom stereocenters. The third kappa shape index (κ3) is 3.87. The van der Waals surface area contributed by atoms with Gasteiger partial charge in [0.15, 0.2) is 0 Å². The van der Waals surface area contributed by atoms with Crippen molar-refractivity contribution in [2.75, 3.05) is 0 Å². The summed E-state index contributed by atoms with van der Waals surface area (Å²) in [5.41, 5.74) is 1.43. The number of thiazole rings is 1. The van der Waals surface area contributed by atoms with Crippen LogP contribution in [0.5, 0.6) is 0 Å². The number of nitrogens with one attached hydrogen (secondary N) is 1. The van der Waals surface area contributed by atoms with Gasteiger partial charge in [-0.3, -0.25) is 0 Å². The number of hydrogen-bond acceptors (Lipinski definition) is 3. The van der Waals surface area contributed by atoms with E-state index < -0.39 is 0 Å². The molecule has 2 rings (SSSR count). The lowest BCUT2D eigenvalue weighted by molar-refractivity contribution is 0.261. The highest BCUT2D eigenvalue weighted by Gasteiger charge is 2.37. The normalized spacial score (nSPS) is 27.0. The van der Waals surface area contributed by atoms with Crippen LogP contribution >= 0.6 is 11.3 Å². The third-order valence-corrected chi connectivity index (χ3v) is 6.19. The molecule has 3 heteroatoms. The lowest BCUT2D eigenvalue weighted by Gasteiger charge is -2.34. The minimum Gasteiger partial charge on any atom is -0.303 e. The number of aromatic nitrogens is 1. The van der Waals surface area contributed by atoms with E-state index in [2.05, 4.69) is 39.9 Å². The van der Waals surface area contributed by atoms with Crippen molar-refractivity contribution in [3.8, 4) is 0 Å². The molecule has 1 fully saturated rings. The van der Waals surface area contributed by atoms with Crippen molar-refractivity contribution in [3.05, 3.63) is 15.6 Å². The molecule has 21 heavy (non-hydrogen) atoms. The number of rotatable bonds is 5. The zero-order chi connectivity index (χ0) is 15.5. The highest BCUT2D eigenvalue weighted by atomic mass is 32.1. The van der Waals surface area contributed by atoms with Gasteiger partial charge in [-0.1, -0.05) is 33.1 Å². The summed E-state index contributed by atoms with van der Waals surface area (Å²) in [5, 5.41) is 5.26. The molecular formula is C18H32N2S. The zero-order valence-electron chi connectivity index (χ0n) is 14.5. The third-order valence-electron chi connectivity index (χ3n) is 4.97. The number of nitrogens with zero attached hydrogens (tertiary/aromatic N) is 1. The molecule has 1 heterocycles. The molecule has 0 aliphatic heterocycles. The first kappa shape index (κ1) is 17.0. The van der Waals surface area contributed by atoms with Gasteiger partial charge in [0.2, 0.25) is 0 Å². The summed E-state index contributed by atoms with van der Waals surface area (Å²) in [6.45, 7) is 11.3. The van der Waals surface area contributed by atoms with Crippen LogP contribution in [0.15, 0.2) is 0 Å². The van der Waals surface area contributed by atoms with Gasteiger partial charge in [0.05, 0.1) is 11.2 Å². The van der Waals surface area contributed by atoms with E-state index in [1.54, 1.807) is 0 Å². The minimum absolute atomic E-state index is 0.126. The fourth-order valence-corrected chi connectivity index (χ4v) is 4.97. The lowest BCUT2D eigenvalue weighted by Crippen LogP contribution is -2.45. The molecule has 1 aromatic rings. The Bertz CT molecular complexity index is 452. The number of hydrogen-bond donors (Lipinski definition) is 1. The van der Waals surface area contributed by atoms with Crippen LogP contribution in [-0.4, -0.2) is 11.0 Å². The highest BCUT2D eigenvalue weighted by molar-refractivity contribution is 7.11. The maximum atomic E-state index is 5.03. The molecule has 1 N–H and O–H groups in total. The van der Waals surface area contributed by atoms with E-state index in [1.165, 1.54) is 54.1 Å². The van der Waals surface area contributed by atoms with Crippen molar-refractivity contribution in [2.45, 2.75) is 91.1 Å². The Kier molecular flexibility index (Phi) is 5.84. The molecule has 120 valence electrons. The van der Waals surface area contributed by atoms with Crippen LogP contribution in [0.25, 0.3) is 0 Å². The van der Waals surface area contributed by atoms with Crippen LogP contribution in [0.4, 0.5) is 0 Å². The monoisotopic (exact) mass is 308 g/mol. The first-order valence-corrected chi connectivity index (χ1v) is 9.56. The smallest absolute Gasteiger partial charge is 0.113 e. The predicted octanol–water partition coefficient (Wildman–Crippen LogP) is 5.20. The van der Waals surface area contributed by atoms with Gasteiger partial charge in [0, 0.05) is 10.9 Å². The van der Waals surface area contributed by atoms with Crippen LogP contribution < -0.4 is 5.32 Å². The quantitative estimate of drug-likeness (QED) is 0.756. The van der Waals surface area contributed by atoms with Gasteiger partial charge in [-0.05, 0) is 52.4 Å². The Labute approximate surface area is 134 Å². The van der Waals surface area contributed by atoms with E-state index in [1.807, 2.05) is 11.3 Å². The van der Waals surface area contributed by atoms with E-state index in [9.17, 15) is 0 Å². The predicted molar refractivity (Wildman–Crippen MR) is 93.0 cm³/mol. The van der Waals surface area contributed by atoms with E-state index in [0.717, 1.165) is 12.3 Å². The molecule has 0 radical (unpaired) electrons. The Morgan fingerprint density at radius 3 is 2.62 bits per heavy atom. The second-order valence-corrected chi connectivity index (χ2v) is 8.16. The average Bonchev–Trinajstić information content (AvgIpc) is 2.70. The maximum Gasteiger partial charge on any atom is 0.113 e. The van der Waals surface area contributed by atoms with Crippen LogP contribution in [0.3, 0.4) is 0 Å². The molecule has 0 bridgehead atoms. The average molecular weight is 309 g/mol. The van der Waals surface area contributed by atoms with Crippen LogP contribution in [-0.2, 0) is 12.0 Å². The lowest BCUT2D eigenvalue weighted by atomic mass is 9.89. The fraction of sp³-hybridized carbons (Fsp3) is 0.833. The van der Waals surface area contributed by atoms with Gasteiger partial charge >= 0.3 is 0 Å². The van der Waals surface area contributed by atoms with Crippen LogP contribution in [0, 0.1) is 12.8 Å². The van der Waals surface area contributed by atoms with Gasteiger partial charge in [0.25, 0.3) is 0 Å². The zero-order valence-corrected chi connectivity index (χ0v) is 15.3. The Morgan fingerprint density at radius 2 is 2.05 bits per heavy atom. The summed E-state index contributed by atoms with van der Waals surface area (Å²) in [6.07, 6.45) is 8.95. The van der Waals surface area contributed by atoms with Crippen molar-refractivity contribution >= 4 is 11.3 Å². The molecule has 1 saturated carbocycles. The maximum absolute atomic E-state index is 5.03. The summed E-state index contributed by atoms with van der Waals surface area (Å²) >= 11 is 1.93. The second kappa shape index (κ2) is 7.23. The minimum atomic E-state index is 0.126. The molecule has 0 saturated heterocycles. The molecule has 1 aliphatic carbocycles. The first-order valence-electron chi connectivity index (χ1n) is 8.75. The molecule has 1 aromatic heterocycles. The molecule has 0 aromatic carbocycles. The summed E-state index contributed by atoms with van der Waals surface area (Å²) in [5.74, 6) is 0.910. The Balaban J connectivity index is 2.31. The van der Waals surface area contributed by atoms with Gasteiger partial charge < -0.3 is 5.32 Å². The molecule has 2 atom stereocenters. The van der Waals surface area contributed by atoms with Crippen molar-refractivity contribution in [2.24, 2.45) is 5.92 Å². The van der Waals surface area contributed by atoms with Crippen molar-refractivity contribution in [1.29, 1.82) is 0 Å². The van der Waals surface area contributed by atoms with Gasteiger partial charge in [-0.2, -0.15) is 0 Å². The van der Waals surface area contributed by atoms with Crippen molar-refractivity contribution in [1.82, 2.24) is 10.3 Å². The van der Waals surface area contributed by atoms with Crippen LogP contribution in [0.2, 0.25) is 0 Å². The summed E-state index contributed by atoms with van der Waals surface area (Å²) in [7, 11) is 0. The highest BCUT2D eigenvalue weighted by Crippen LogP contribution is 2.41. The van der Waals surface area contributed by atoms with Crippen molar-refractivity contribution < 1.29 is 0 Å². The van der Waals surface area contributed by atoms with E-state index in [-0.39, 0.29) is 5.54 Å². The molecular weight excluding hydrogens is 276 g/mol. The van der Waals surface area contributed by atoms with Crippen LogP contribution in [0.1, 0.15) is 81.8 Å². The second-order valence-electron chi connectivity index (χ2n) is 6.96. The van der Waals surface area contributed by atoms with Gasteiger partial charge in [-0.25, -0.2) is 4.98 Å². The Morgan fingerprint density at radius 1 is 1.29 bits per heavy atom. The summed E-state index contributed by atoms with van der Waals surface area (Å²) in [6, 6.07) is 0.512. The molecule has 0 amide bonds. The standard InChI is InChI=1S/C18H32N2S/c1-6-15-9-8-11-18(12-10-15,20-13(3)4)17-19-16(7-2)14(5)21-17/h13,15,20H,6-12H2,1-5H3. The molecule has 0 spiro atoms. The molecule has 1 aliphatic rings. The molecule has 2 nitrogen and oxygen atoms in total. The fourth-order valence-electron chi connectivity index (χ4n) is 3.75.